The van der Waals surface area contributed by atoms with Crippen LogP contribution in [0.3, 0.4) is 0 Å². The van der Waals surface area contributed by atoms with E-state index in [0.29, 0.717) is 45.6 Å². The van der Waals surface area contributed by atoms with E-state index in [-0.39, 0.29) is 17.3 Å². The van der Waals surface area contributed by atoms with Gasteiger partial charge in [0.2, 0.25) is 0 Å². The molecule has 3 aromatic rings. The normalized spacial score (nSPS) is 11.4. The van der Waals surface area contributed by atoms with Gasteiger partial charge in [0.1, 0.15) is 17.2 Å². The van der Waals surface area contributed by atoms with E-state index in [0.717, 1.165) is 5.41 Å². The summed E-state index contributed by atoms with van der Waals surface area (Å²) in [4.78, 5) is 17.0. The zero-order chi connectivity index (χ0) is 30.0. The molecule has 1 N–H and O–H groups in total. The predicted molar refractivity (Wildman–Crippen MR) is 155 cm³/mol. The van der Waals surface area contributed by atoms with Crippen molar-refractivity contribution in [1.29, 1.82) is 0 Å². The summed E-state index contributed by atoms with van der Waals surface area (Å²) in [5.74, 6) is 2.10. The largest absolute Gasteiger partial charge is 0.496 e. The highest BCUT2D eigenvalue weighted by Gasteiger charge is 2.16. The molecule has 218 valence electrons. The summed E-state index contributed by atoms with van der Waals surface area (Å²) < 4.78 is 57.7. The number of allylic oxidation sites excluding steroid dienone is 1. The van der Waals surface area contributed by atoms with Crippen LogP contribution >= 0.6 is 0 Å². The van der Waals surface area contributed by atoms with E-state index in [9.17, 15) is 13.2 Å². The molecule has 0 saturated carbocycles. The maximum atomic E-state index is 13.0. The molecular weight excluding hydrogens is 552 g/mol. The quantitative estimate of drug-likeness (QED) is 0.212. The number of sulfone groups is 1. The molecule has 0 fully saturated rings. The fraction of sp³-hybridized carbons (Fsp3) is 0.241. The van der Waals surface area contributed by atoms with Crippen molar-refractivity contribution in [3.8, 4) is 34.5 Å². The molecule has 0 atom stereocenters. The van der Waals surface area contributed by atoms with Crippen molar-refractivity contribution in [2.45, 2.75) is 5.75 Å². The second-order valence-corrected chi connectivity index (χ2v) is 10.2. The topological polar surface area (TPSA) is 132 Å². The third kappa shape index (κ3) is 7.92. The Hall–Kier alpha value is -4.71. The number of nitrogens with one attached hydrogen (secondary N) is 1. The number of methoxy groups -OCH3 is 6. The average molecular weight is 585 g/mol. The maximum Gasteiger partial charge on any atom is 0.187 e. The van der Waals surface area contributed by atoms with Gasteiger partial charge in [0.05, 0.1) is 59.7 Å². The summed E-state index contributed by atoms with van der Waals surface area (Å²) in [6.07, 6.45) is 4.10. The van der Waals surface area contributed by atoms with Crippen LogP contribution in [-0.4, -0.2) is 61.8 Å². The van der Waals surface area contributed by atoms with Crippen molar-refractivity contribution in [3.05, 3.63) is 77.0 Å². The van der Waals surface area contributed by atoms with E-state index in [2.05, 4.69) is 10.3 Å². The summed E-state index contributed by atoms with van der Waals surface area (Å²) in [5, 5.41) is 3.96. The van der Waals surface area contributed by atoms with Crippen molar-refractivity contribution in [3.63, 3.8) is 0 Å². The van der Waals surface area contributed by atoms with Gasteiger partial charge in [0.15, 0.2) is 38.7 Å². The SMILES string of the molecule is COc1cc(OC)c(/C=C/S(=O)(=O)Cc2ccc(OC)c(N/C=C\C(=O)c3ccc(OC)c(OC)c3)n2)c(OC)c1. The van der Waals surface area contributed by atoms with Gasteiger partial charge in [-0.2, -0.15) is 0 Å². The minimum atomic E-state index is -3.77. The van der Waals surface area contributed by atoms with Crippen molar-refractivity contribution in [2.24, 2.45) is 0 Å². The first-order valence-corrected chi connectivity index (χ1v) is 13.8. The summed E-state index contributed by atoms with van der Waals surface area (Å²) in [7, 11) is 5.11. The molecule has 41 heavy (non-hydrogen) atoms. The molecule has 0 spiro atoms. The number of ether oxygens (including phenoxy) is 6. The van der Waals surface area contributed by atoms with Gasteiger partial charge in [-0.1, -0.05) is 0 Å². The minimum absolute atomic E-state index is 0.235. The van der Waals surface area contributed by atoms with E-state index in [4.69, 9.17) is 28.4 Å². The first-order chi connectivity index (χ1) is 19.7. The number of ketones is 1. The van der Waals surface area contributed by atoms with Crippen molar-refractivity contribution < 1.29 is 41.6 Å². The smallest absolute Gasteiger partial charge is 0.187 e. The monoisotopic (exact) mass is 584 g/mol. The first-order valence-electron chi connectivity index (χ1n) is 12.1. The fourth-order valence-corrected chi connectivity index (χ4v) is 4.75. The molecular formula is C29H32N2O9S. The number of hydrogen-bond acceptors (Lipinski definition) is 11. The lowest BCUT2D eigenvalue weighted by atomic mass is 10.1. The third-order valence-electron chi connectivity index (χ3n) is 5.80. The van der Waals surface area contributed by atoms with Crippen molar-refractivity contribution >= 4 is 27.5 Å². The summed E-state index contributed by atoms with van der Waals surface area (Å²) in [5.41, 5.74) is 1.08. The summed E-state index contributed by atoms with van der Waals surface area (Å²) >= 11 is 0. The Morgan fingerprint density at radius 1 is 0.780 bits per heavy atom. The maximum absolute atomic E-state index is 13.0. The van der Waals surface area contributed by atoms with Gasteiger partial charge in [-0.15, -0.1) is 0 Å². The van der Waals surface area contributed by atoms with E-state index >= 15 is 0 Å². The van der Waals surface area contributed by atoms with Gasteiger partial charge in [-0.05, 0) is 36.4 Å². The van der Waals surface area contributed by atoms with E-state index in [1.54, 1.807) is 42.5 Å². The predicted octanol–water partition coefficient (Wildman–Crippen LogP) is 4.53. The number of carbonyl (C=O) groups is 1. The highest BCUT2D eigenvalue weighted by Crippen LogP contribution is 2.35. The van der Waals surface area contributed by atoms with Crippen LogP contribution in [0.5, 0.6) is 34.5 Å². The first kappa shape index (κ1) is 30.8. The lowest BCUT2D eigenvalue weighted by molar-refractivity contribution is 0.104. The number of nitrogens with zero attached hydrogens (tertiary/aromatic N) is 1. The second kappa shape index (κ2) is 14.1. The average Bonchev–Trinajstić information content (AvgIpc) is 2.98. The Morgan fingerprint density at radius 3 is 1.98 bits per heavy atom. The van der Waals surface area contributed by atoms with Crippen LogP contribution in [0, 0.1) is 0 Å². The summed E-state index contributed by atoms with van der Waals surface area (Å²) in [6, 6.07) is 11.2. The summed E-state index contributed by atoms with van der Waals surface area (Å²) in [6.45, 7) is 0. The number of pyridine rings is 1. The zero-order valence-electron chi connectivity index (χ0n) is 23.6. The van der Waals surface area contributed by atoms with Gasteiger partial charge >= 0.3 is 0 Å². The van der Waals surface area contributed by atoms with Crippen LogP contribution in [0.25, 0.3) is 6.08 Å². The molecule has 0 amide bonds. The minimum Gasteiger partial charge on any atom is -0.496 e. The van der Waals surface area contributed by atoms with Crippen LogP contribution in [0.15, 0.2) is 60.1 Å². The molecule has 2 aromatic carbocycles. The molecule has 0 aliphatic carbocycles. The lowest BCUT2D eigenvalue weighted by Gasteiger charge is -2.12. The van der Waals surface area contributed by atoms with Crippen molar-refractivity contribution in [1.82, 2.24) is 4.98 Å². The van der Waals surface area contributed by atoms with E-state index in [1.807, 2.05) is 0 Å². The Balaban J connectivity index is 1.78. The van der Waals surface area contributed by atoms with Crippen LogP contribution in [0.1, 0.15) is 21.6 Å². The van der Waals surface area contributed by atoms with Crippen molar-refractivity contribution in [2.75, 3.05) is 48.0 Å². The molecule has 0 saturated heterocycles. The Kier molecular flexibility index (Phi) is 10.6. The molecule has 1 aromatic heterocycles. The number of rotatable bonds is 14. The number of hydrogen-bond donors (Lipinski definition) is 1. The van der Waals surface area contributed by atoms with Crippen LogP contribution in [0.4, 0.5) is 5.82 Å². The van der Waals surface area contributed by atoms with Crippen LogP contribution < -0.4 is 33.7 Å². The number of aromatic nitrogens is 1. The van der Waals surface area contributed by atoms with Gasteiger partial charge < -0.3 is 33.7 Å². The third-order valence-corrected chi connectivity index (χ3v) is 7.05. The molecule has 1 heterocycles. The molecule has 0 unspecified atom stereocenters. The van der Waals surface area contributed by atoms with E-state index in [1.165, 1.54) is 61.0 Å². The fourth-order valence-electron chi connectivity index (χ4n) is 3.74. The Bertz CT molecular complexity index is 1520. The number of benzene rings is 2. The van der Waals surface area contributed by atoms with Crippen LogP contribution in [0.2, 0.25) is 0 Å². The molecule has 11 nitrogen and oxygen atoms in total. The zero-order valence-corrected chi connectivity index (χ0v) is 24.4. The van der Waals surface area contributed by atoms with E-state index < -0.39 is 15.6 Å². The second-order valence-electron chi connectivity index (χ2n) is 8.32. The van der Waals surface area contributed by atoms with Gasteiger partial charge in [0, 0.05) is 35.4 Å². The molecule has 3 rings (SSSR count). The molecule has 0 bridgehead atoms. The standard InChI is InChI=1S/C29H32N2O9S/c1-35-21-16-26(38-4)22(27(17-21)39-5)12-14-41(33,34)18-20-8-10-25(37-3)29(31-20)30-13-11-23(32)19-7-9-24(36-2)28(15-19)40-6/h7-17H,18H2,1-6H3,(H,30,31)/b13-11-,14-12+. The highest BCUT2D eigenvalue weighted by atomic mass is 32.2. The molecule has 0 aliphatic rings. The van der Waals surface area contributed by atoms with Gasteiger partial charge in [0.25, 0.3) is 0 Å². The van der Waals surface area contributed by atoms with Gasteiger partial charge in [-0.25, -0.2) is 13.4 Å². The Labute approximate surface area is 239 Å². The highest BCUT2D eigenvalue weighted by molar-refractivity contribution is 7.93. The lowest BCUT2D eigenvalue weighted by Crippen LogP contribution is -2.05. The molecule has 0 aliphatic heterocycles. The molecule has 12 heteroatoms. The molecule has 0 radical (unpaired) electrons. The van der Waals surface area contributed by atoms with Gasteiger partial charge in [-0.3, -0.25) is 4.79 Å². The Morgan fingerprint density at radius 2 is 1.39 bits per heavy atom. The van der Waals surface area contributed by atoms with Crippen LogP contribution in [-0.2, 0) is 15.6 Å². The number of carbonyl (C=O) groups excluding carboxylic acids is 1. The number of anilines is 1.